The number of thiophene rings is 1. The number of nitrogens with one attached hydrogen (secondary N) is 1. The fourth-order valence-corrected chi connectivity index (χ4v) is 5.35. The van der Waals surface area contributed by atoms with Gasteiger partial charge < -0.3 is 19.7 Å². The average Bonchev–Trinajstić information content (AvgIpc) is 3.13. The molecule has 0 saturated carbocycles. The van der Waals surface area contributed by atoms with E-state index in [9.17, 15) is 0 Å². The SMILES string of the molecule is CCCCNc1nnnc2c1sc1nc(N3CCOCC3)c3c(c12)CC(C)(C)OC3. The lowest BCUT2D eigenvalue weighted by atomic mass is 9.90. The van der Waals surface area contributed by atoms with Crippen molar-refractivity contribution in [2.24, 2.45) is 0 Å². The molecule has 5 rings (SSSR count). The van der Waals surface area contributed by atoms with Gasteiger partial charge in [-0.05, 0) is 31.0 Å². The van der Waals surface area contributed by atoms with Crippen molar-refractivity contribution in [3.8, 4) is 0 Å². The molecule has 0 radical (unpaired) electrons. The van der Waals surface area contributed by atoms with Crippen LogP contribution in [0, 0.1) is 0 Å². The first kappa shape index (κ1) is 19.8. The summed E-state index contributed by atoms with van der Waals surface area (Å²) < 4.78 is 12.8. The quantitative estimate of drug-likeness (QED) is 0.618. The Bertz CT molecular complexity index is 1080. The maximum Gasteiger partial charge on any atom is 0.170 e. The predicted octanol–water partition coefficient (Wildman–Crippen LogP) is 3.53. The zero-order valence-electron chi connectivity index (χ0n) is 17.8. The monoisotopic (exact) mass is 428 g/mol. The number of aromatic nitrogens is 4. The summed E-state index contributed by atoms with van der Waals surface area (Å²) in [5.41, 5.74) is 3.16. The number of rotatable bonds is 5. The topological polar surface area (TPSA) is 85.3 Å². The van der Waals surface area contributed by atoms with E-state index in [-0.39, 0.29) is 5.60 Å². The van der Waals surface area contributed by atoms with Crippen molar-refractivity contribution in [3.63, 3.8) is 0 Å². The molecule has 30 heavy (non-hydrogen) atoms. The molecule has 3 aromatic heterocycles. The van der Waals surface area contributed by atoms with E-state index in [0.29, 0.717) is 6.61 Å². The molecule has 0 aromatic carbocycles. The Kier molecular flexibility index (Phi) is 5.20. The number of ether oxygens (including phenoxy) is 2. The van der Waals surface area contributed by atoms with E-state index in [1.54, 1.807) is 11.3 Å². The highest BCUT2D eigenvalue weighted by molar-refractivity contribution is 7.26. The van der Waals surface area contributed by atoms with Gasteiger partial charge in [0.05, 0.1) is 25.4 Å². The van der Waals surface area contributed by atoms with Crippen LogP contribution in [0.3, 0.4) is 0 Å². The number of hydrogen-bond donors (Lipinski definition) is 1. The first-order valence-electron chi connectivity index (χ1n) is 10.8. The molecule has 1 fully saturated rings. The Labute approximate surface area is 180 Å². The van der Waals surface area contributed by atoms with Gasteiger partial charge in [-0.25, -0.2) is 4.98 Å². The van der Waals surface area contributed by atoms with Crippen molar-refractivity contribution in [2.45, 2.75) is 52.2 Å². The smallest absolute Gasteiger partial charge is 0.170 e. The Morgan fingerprint density at radius 1 is 1.17 bits per heavy atom. The number of pyridine rings is 1. The van der Waals surface area contributed by atoms with Crippen LogP contribution in [0.5, 0.6) is 0 Å². The standard InChI is InChI=1S/C21H28N6O2S/c1-4-5-6-22-18-17-16(24-26-25-18)15-13-11-21(2,3)29-12-14(13)19(23-20(15)30-17)27-7-9-28-10-8-27/h4-12H2,1-3H3,(H,22,24,25). The molecular formula is C21H28N6O2S. The van der Waals surface area contributed by atoms with Crippen LogP contribution in [0.25, 0.3) is 20.4 Å². The molecule has 1 saturated heterocycles. The minimum absolute atomic E-state index is 0.222. The van der Waals surface area contributed by atoms with Crippen LogP contribution in [-0.2, 0) is 22.5 Å². The third-order valence-electron chi connectivity index (χ3n) is 5.86. The highest BCUT2D eigenvalue weighted by Crippen LogP contribution is 2.43. The molecule has 1 N–H and O–H groups in total. The molecule has 2 aliphatic heterocycles. The molecular weight excluding hydrogens is 400 g/mol. The summed E-state index contributed by atoms with van der Waals surface area (Å²) in [5, 5.41) is 17.4. The van der Waals surface area contributed by atoms with Crippen molar-refractivity contribution in [1.82, 2.24) is 20.4 Å². The second kappa shape index (κ2) is 7.86. The fourth-order valence-electron chi connectivity index (χ4n) is 4.25. The van der Waals surface area contributed by atoms with E-state index in [2.05, 4.69) is 46.4 Å². The van der Waals surface area contributed by atoms with E-state index in [0.717, 1.165) is 84.2 Å². The highest BCUT2D eigenvalue weighted by Gasteiger charge is 2.33. The maximum atomic E-state index is 6.19. The molecule has 9 heteroatoms. The molecule has 0 aliphatic carbocycles. The van der Waals surface area contributed by atoms with Gasteiger partial charge in [0, 0.05) is 37.0 Å². The largest absolute Gasteiger partial charge is 0.378 e. The zero-order valence-corrected chi connectivity index (χ0v) is 18.6. The molecule has 0 unspecified atom stereocenters. The van der Waals surface area contributed by atoms with Crippen LogP contribution >= 0.6 is 11.3 Å². The number of unbranched alkanes of at least 4 members (excludes halogenated alkanes) is 1. The lowest BCUT2D eigenvalue weighted by Gasteiger charge is -2.36. The summed E-state index contributed by atoms with van der Waals surface area (Å²) in [6.45, 7) is 11.1. The number of anilines is 2. The van der Waals surface area contributed by atoms with Crippen LogP contribution in [0.2, 0.25) is 0 Å². The molecule has 2 aliphatic rings. The Hall–Kier alpha value is -2.10. The summed E-state index contributed by atoms with van der Waals surface area (Å²) in [6, 6.07) is 0. The first-order chi connectivity index (χ1) is 14.6. The van der Waals surface area contributed by atoms with Crippen molar-refractivity contribution >= 4 is 43.4 Å². The molecule has 0 amide bonds. The average molecular weight is 429 g/mol. The Balaban J connectivity index is 1.70. The number of nitrogens with zero attached hydrogens (tertiary/aromatic N) is 5. The lowest BCUT2D eigenvalue weighted by molar-refractivity contribution is -0.0396. The number of morpholine rings is 1. The highest BCUT2D eigenvalue weighted by atomic mass is 32.1. The van der Waals surface area contributed by atoms with E-state index in [4.69, 9.17) is 14.5 Å². The van der Waals surface area contributed by atoms with E-state index in [1.807, 2.05) is 0 Å². The van der Waals surface area contributed by atoms with Gasteiger partial charge in [0.25, 0.3) is 0 Å². The Morgan fingerprint density at radius 3 is 2.80 bits per heavy atom. The van der Waals surface area contributed by atoms with Crippen LogP contribution in [-0.4, -0.2) is 58.8 Å². The normalized spacial score (nSPS) is 18.7. The molecule has 0 bridgehead atoms. The van der Waals surface area contributed by atoms with Gasteiger partial charge in [-0.1, -0.05) is 13.3 Å². The van der Waals surface area contributed by atoms with Gasteiger partial charge in [0.2, 0.25) is 0 Å². The third kappa shape index (κ3) is 3.48. The summed E-state index contributed by atoms with van der Waals surface area (Å²) in [7, 11) is 0. The third-order valence-corrected chi connectivity index (χ3v) is 6.94. The summed E-state index contributed by atoms with van der Waals surface area (Å²) >= 11 is 1.66. The maximum absolute atomic E-state index is 6.19. The van der Waals surface area contributed by atoms with Gasteiger partial charge in [-0.2, -0.15) is 0 Å². The molecule has 0 spiro atoms. The van der Waals surface area contributed by atoms with Crippen LogP contribution in [0.4, 0.5) is 11.6 Å². The van der Waals surface area contributed by atoms with Gasteiger partial charge in [-0.3, -0.25) is 0 Å². The van der Waals surface area contributed by atoms with Crippen LogP contribution in [0.15, 0.2) is 0 Å². The second-order valence-corrected chi connectivity index (χ2v) is 9.59. The van der Waals surface area contributed by atoms with Crippen molar-refractivity contribution < 1.29 is 9.47 Å². The van der Waals surface area contributed by atoms with E-state index >= 15 is 0 Å². The molecule has 3 aromatic rings. The lowest BCUT2D eigenvalue weighted by Crippen LogP contribution is -2.39. The molecule has 0 atom stereocenters. The first-order valence-corrected chi connectivity index (χ1v) is 11.6. The minimum atomic E-state index is -0.222. The molecule has 8 nitrogen and oxygen atoms in total. The van der Waals surface area contributed by atoms with Crippen molar-refractivity contribution in [1.29, 1.82) is 0 Å². The molecule has 160 valence electrons. The van der Waals surface area contributed by atoms with Crippen LogP contribution in [0.1, 0.15) is 44.7 Å². The fraction of sp³-hybridized carbons (Fsp3) is 0.619. The van der Waals surface area contributed by atoms with E-state index < -0.39 is 0 Å². The zero-order chi connectivity index (χ0) is 20.7. The summed E-state index contributed by atoms with van der Waals surface area (Å²) in [6.07, 6.45) is 3.05. The minimum Gasteiger partial charge on any atom is -0.378 e. The van der Waals surface area contributed by atoms with Crippen LogP contribution < -0.4 is 10.2 Å². The number of fused-ring (bicyclic) bond motifs is 5. The second-order valence-electron chi connectivity index (χ2n) is 8.60. The van der Waals surface area contributed by atoms with Gasteiger partial charge in [0.1, 0.15) is 20.9 Å². The van der Waals surface area contributed by atoms with E-state index in [1.165, 1.54) is 11.1 Å². The van der Waals surface area contributed by atoms with Crippen molar-refractivity contribution in [2.75, 3.05) is 43.1 Å². The van der Waals surface area contributed by atoms with Gasteiger partial charge >= 0.3 is 0 Å². The number of hydrogen-bond acceptors (Lipinski definition) is 9. The predicted molar refractivity (Wildman–Crippen MR) is 120 cm³/mol. The Morgan fingerprint density at radius 2 is 2.00 bits per heavy atom. The van der Waals surface area contributed by atoms with Crippen molar-refractivity contribution in [3.05, 3.63) is 11.1 Å². The summed E-state index contributed by atoms with van der Waals surface area (Å²) in [4.78, 5) is 8.46. The van der Waals surface area contributed by atoms with Gasteiger partial charge in [0.15, 0.2) is 5.82 Å². The van der Waals surface area contributed by atoms with Gasteiger partial charge in [-0.15, -0.1) is 21.5 Å². The molecule has 5 heterocycles. The summed E-state index contributed by atoms with van der Waals surface area (Å²) in [5.74, 6) is 1.84.